The van der Waals surface area contributed by atoms with Crippen molar-refractivity contribution in [2.24, 2.45) is 11.7 Å². The lowest BCUT2D eigenvalue weighted by molar-refractivity contribution is -0.277. The Labute approximate surface area is 567 Å². The molecule has 6 aliphatic rings. The fourth-order valence-electron chi connectivity index (χ4n) is 11.3. The number of halogens is 1. The van der Waals surface area contributed by atoms with Gasteiger partial charge in [-0.3, -0.25) is 38.5 Å². The maximum Gasteiger partial charge on any atom is 0.410 e. The van der Waals surface area contributed by atoms with Crippen LogP contribution in [-0.2, 0) is 52.6 Å². The van der Waals surface area contributed by atoms with E-state index in [1.165, 1.54) is 49.5 Å². The number of aliphatic hydroxyl groups is 6. The summed E-state index contributed by atoms with van der Waals surface area (Å²) in [5.74, 6) is -15.4. The van der Waals surface area contributed by atoms with Crippen LogP contribution in [0.2, 0.25) is 5.02 Å². The van der Waals surface area contributed by atoms with Gasteiger partial charge in [0.25, 0.3) is 0 Å². The highest BCUT2D eigenvalue weighted by molar-refractivity contribution is 6.32. The summed E-state index contributed by atoms with van der Waals surface area (Å²) in [6.07, 6.45) is -13.8. The van der Waals surface area contributed by atoms with Gasteiger partial charge >= 0.3 is 12.1 Å². The molecule has 17 N–H and O–H groups in total. The second-order valence-corrected chi connectivity index (χ2v) is 24.2. The number of nitrogens with two attached hydrogens (primary N) is 1. The number of benzene rings is 5. The van der Waals surface area contributed by atoms with Crippen LogP contribution in [0.3, 0.4) is 0 Å². The molecule has 6 heterocycles. The predicted molar refractivity (Wildman–Crippen MR) is 342 cm³/mol. The van der Waals surface area contributed by atoms with Crippen LogP contribution in [0.1, 0.15) is 84.8 Å². The number of carbonyl (C=O) groups is 9. The summed E-state index contributed by atoms with van der Waals surface area (Å²) in [4.78, 5) is 132. The van der Waals surface area contributed by atoms with Gasteiger partial charge in [0.05, 0.1) is 18.1 Å². The largest absolute Gasteiger partial charge is 0.508 e. The number of esters is 1. The first-order valence-electron chi connectivity index (χ1n) is 30.6. The van der Waals surface area contributed by atoms with Crippen LogP contribution in [0.25, 0.3) is 11.1 Å². The highest BCUT2D eigenvalue weighted by Gasteiger charge is 2.47. The summed E-state index contributed by atoms with van der Waals surface area (Å²) < 4.78 is 35.5. The Morgan fingerprint density at radius 2 is 1.32 bits per heavy atom. The lowest BCUT2D eigenvalue weighted by atomic mass is 9.89. The van der Waals surface area contributed by atoms with E-state index in [9.17, 15) is 74.7 Å². The van der Waals surface area contributed by atoms with E-state index in [2.05, 4.69) is 45.1 Å². The summed E-state index contributed by atoms with van der Waals surface area (Å²) in [5, 5.41) is 116. The van der Waals surface area contributed by atoms with Crippen LogP contribution < -0.4 is 51.8 Å². The van der Waals surface area contributed by atoms with Gasteiger partial charge in [-0.1, -0.05) is 75.0 Å². The van der Waals surface area contributed by atoms with Gasteiger partial charge in [-0.25, -0.2) is 9.59 Å². The van der Waals surface area contributed by atoms with Gasteiger partial charge in [-0.15, -0.1) is 0 Å². The van der Waals surface area contributed by atoms with E-state index in [0.717, 1.165) is 59.5 Å². The van der Waals surface area contributed by atoms with Crippen LogP contribution in [0, 0.1) is 5.92 Å². The molecule has 5 aromatic carbocycles. The van der Waals surface area contributed by atoms with Gasteiger partial charge in [-0.2, -0.15) is 0 Å². The first-order valence-corrected chi connectivity index (χ1v) is 30.9. The van der Waals surface area contributed by atoms with Crippen molar-refractivity contribution in [3.05, 3.63) is 143 Å². The fraction of sp³-hybridized carbons (Fsp3) is 0.348. The van der Waals surface area contributed by atoms with E-state index < -0.39 is 215 Å². The third-order valence-corrected chi connectivity index (χ3v) is 16.7. The molecule has 14 atom stereocenters. The number of phenolic OH excluding ortho intramolecular Hbond substituents is 3. The zero-order chi connectivity index (χ0) is 72.0. The molecule has 0 radical (unpaired) electrons. The molecular formula is C66H71ClN8O24. The monoisotopic (exact) mass is 1390 g/mol. The summed E-state index contributed by atoms with van der Waals surface area (Å²) in [5.41, 5.74) is 3.29. The third kappa shape index (κ3) is 16.0. The molecule has 11 bridgehead atoms. The van der Waals surface area contributed by atoms with Gasteiger partial charge < -0.3 is 112 Å². The van der Waals surface area contributed by atoms with Crippen LogP contribution >= 0.6 is 11.6 Å². The minimum Gasteiger partial charge on any atom is -0.508 e. The molecule has 99 heavy (non-hydrogen) atoms. The lowest BCUT2D eigenvalue weighted by Crippen LogP contribution is -2.60. The number of aliphatic hydroxyl groups excluding tert-OH is 6. The summed E-state index contributed by atoms with van der Waals surface area (Å²) >= 11 is 6.99. The minimum atomic E-state index is -2.32. The Morgan fingerprint density at radius 1 is 0.687 bits per heavy atom. The zero-order valence-corrected chi connectivity index (χ0v) is 53.7. The first kappa shape index (κ1) is 72.7. The standard InChI is InChI=1S/C66H71ClN8O24/c1-6-16-94-64(92)49-35-23-32(77)24-40(79)46(35)34-19-29(10-14-39(34)78)47-60(88)74-50(63(91)72-49)52(81)28-8-12-33(13-9-28)96-42-21-31-22-43(57(42)99-65-56(85)55(84)54(83)44(26-76)98-65)97-41-15-11-30(20-36(41)67)53(82)51(73-59(87)38(18-27(3)4)75(5)66(93)95-17-7-2)62(90)69-37(25-45(68)80)58(86)70-48(31)61(89)71-47/h6-15,19-24,27,37-38,44,47-56,65,76-79,81-85H,1-2,16-18,25-26H2,3-5H3,(H2,68,80)(H,69,90)(H,70,86)(H,71,89)(H,72,91)(H,73,87)(H,74,88)/t37-,38+,44?,47+,48+,49-,50-,51+,52+,53+,54?,55?,56?,65?/m0/s1. The quantitative estimate of drug-likeness (QED) is 0.0511. The smallest absolute Gasteiger partial charge is 0.410 e. The van der Waals surface area contributed by atoms with Gasteiger partial charge in [-0.05, 0) is 89.2 Å². The minimum absolute atomic E-state index is 0.0579. The Kier molecular flexibility index (Phi) is 22.7. The summed E-state index contributed by atoms with van der Waals surface area (Å²) in [6.45, 7) is 8.83. The molecular weight excluding hydrogens is 1320 g/mol. The average Bonchev–Trinajstić information content (AvgIpc) is 0.768. The van der Waals surface area contributed by atoms with E-state index in [1.54, 1.807) is 13.8 Å². The van der Waals surface area contributed by atoms with Crippen LogP contribution in [0.15, 0.2) is 110 Å². The lowest BCUT2D eigenvalue weighted by Gasteiger charge is -2.39. The van der Waals surface area contributed by atoms with E-state index in [4.69, 9.17) is 45.8 Å². The molecule has 33 heteroatoms. The van der Waals surface area contributed by atoms with Crippen molar-refractivity contribution in [3.63, 3.8) is 0 Å². The molecule has 8 amide bonds. The van der Waals surface area contributed by atoms with Crippen LogP contribution in [0.4, 0.5) is 4.79 Å². The van der Waals surface area contributed by atoms with Crippen molar-refractivity contribution < 1.29 is 118 Å². The fourth-order valence-corrected chi connectivity index (χ4v) is 11.5. The van der Waals surface area contributed by atoms with E-state index in [-0.39, 0.29) is 52.2 Å². The number of nitrogens with zero attached hydrogens (tertiary/aromatic N) is 1. The number of carbonyl (C=O) groups excluding carboxylic acids is 9. The molecule has 0 saturated carbocycles. The van der Waals surface area contributed by atoms with Gasteiger partial charge in [0, 0.05) is 29.8 Å². The highest BCUT2D eigenvalue weighted by Crippen LogP contribution is 2.49. The van der Waals surface area contributed by atoms with Crippen molar-refractivity contribution in [2.75, 3.05) is 26.9 Å². The number of amides is 8. The molecule has 526 valence electrons. The predicted octanol–water partition coefficient (Wildman–Crippen LogP) is 0.895. The van der Waals surface area contributed by atoms with Crippen molar-refractivity contribution in [2.45, 2.75) is 112 Å². The molecule has 0 aliphatic carbocycles. The average molecular weight is 1400 g/mol. The Morgan fingerprint density at radius 3 is 1.98 bits per heavy atom. The summed E-state index contributed by atoms with van der Waals surface area (Å²) in [7, 11) is 1.24. The van der Waals surface area contributed by atoms with Gasteiger partial charge in [0.15, 0.2) is 17.5 Å². The molecule has 6 aliphatic heterocycles. The van der Waals surface area contributed by atoms with Crippen molar-refractivity contribution in [1.82, 2.24) is 36.8 Å². The second kappa shape index (κ2) is 30.9. The number of nitrogens with one attached hydrogen (secondary N) is 6. The molecule has 1 saturated heterocycles. The number of fused-ring (bicyclic) bond motifs is 15. The topological polar surface area (TPSA) is 493 Å². The number of hydrogen-bond acceptors (Lipinski definition) is 24. The van der Waals surface area contributed by atoms with E-state index in [1.807, 2.05) is 0 Å². The third-order valence-electron chi connectivity index (χ3n) is 16.4. The number of hydrogen-bond donors (Lipinski definition) is 16. The molecule has 5 unspecified atom stereocenters. The van der Waals surface area contributed by atoms with E-state index in [0.29, 0.717) is 0 Å². The molecule has 11 rings (SSSR count). The zero-order valence-electron chi connectivity index (χ0n) is 52.9. The second-order valence-electron chi connectivity index (χ2n) is 23.8. The number of phenols is 3. The SMILES string of the molecule is C=CCOC(=O)[C@H]1NC(=O)[C@H]2NC(=O)[C@H](NC(=O)[C@@H]3NC(=O)[C@H](CC(N)=O)NC(=O)[C@H](NC(=O)[C@@H](CC(C)C)N(C)C(=O)OCC=C)[C@H](O)c4ccc(c(Cl)c4)Oc4cc3cc(c4OC3OC(CO)C(O)C(O)C3O)Oc3ccc(cc3)[C@H]2O)c2ccc(O)c(c2)-c2c(O)cc(O)cc21. The number of primary amides is 1. The Hall–Kier alpha value is -10.6. The molecule has 32 nitrogen and oxygen atoms in total. The highest BCUT2D eigenvalue weighted by atomic mass is 35.5. The number of rotatable bonds is 15. The van der Waals surface area contributed by atoms with Crippen molar-refractivity contribution >= 4 is 65.0 Å². The van der Waals surface area contributed by atoms with Gasteiger partial charge in [0.2, 0.25) is 53.4 Å². The van der Waals surface area contributed by atoms with Crippen molar-refractivity contribution in [1.29, 1.82) is 0 Å². The Balaban J connectivity index is 1.29. The van der Waals surface area contributed by atoms with Crippen LogP contribution in [-0.4, -0.2) is 186 Å². The number of aromatic hydroxyl groups is 3. The first-order chi connectivity index (χ1) is 47.0. The van der Waals surface area contributed by atoms with Gasteiger partial charge in [0.1, 0.15) is 115 Å². The maximum atomic E-state index is 15.9. The van der Waals surface area contributed by atoms with Crippen LogP contribution in [0.5, 0.6) is 46.0 Å². The normalized spacial score (nSPS) is 24.8. The number of likely N-dealkylation sites (N-methyl/N-ethyl adjacent to an activating group) is 1. The number of ether oxygens (including phenoxy) is 6. The van der Waals surface area contributed by atoms with Crippen molar-refractivity contribution in [3.8, 4) is 57.1 Å². The molecule has 0 spiro atoms. The maximum absolute atomic E-state index is 15.9. The molecule has 5 aromatic rings. The molecule has 0 aromatic heterocycles. The summed E-state index contributed by atoms with van der Waals surface area (Å²) in [6, 6.07) is 0.732. The Bertz CT molecular complexity index is 3990. The van der Waals surface area contributed by atoms with E-state index >= 15 is 14.4 Å². The molecule has 1 fully saturated rings.